The van der Waals surface area contributed by atoms with Gasteiger partial charge in [0, 0.05) is 0 Å². The number of hydrogen-bond acceptors (Lipinski definition) is 2. The zero-order valence-corrected chi connectivity index (χ0v) is 10.5. The van der Waals surface area contributed by atoms with Gasteiger partial charge in [-0.1, -0.05) is 25.5 Å². The van der Waals surface area contributed by atoms with Crippen LogP contribution in [0.1, 0.15) is 19.8 Å². The smallest absolute Gasteiger partial charge is 0.504 e. The van der Waals surface area contributed by atoms with E-state index in [1.54, 1.807) is 18.2 Å². The first-order valence-corrected chi connectivity index (χ1v) is 6.66. The monoisotopic (exact) mass is 225 g/mol. The van der Waals surface area contributed by atoms with E-state index < -0.39 is 0 Å². The van der Waals surface area contributed by atoms with Crippen LogP contribution in [0.25, 0.3) is 0 Å². The number of para-hydroxylation sites is 2. The highest BCUT2D eigenvalue weighted by Gasteiger charge is 2.16. The minimum Gasteiger partial charge on any atom is -0.504 e. The topological polar surface area (TPSA) is 29.5 Å². The molecule has 2 nitrogen and oxygen atoms in total. The largest absolute Gasteiger partial charge is 1.59 e. The van der Waals surface area contributed by atoms with Crippen molar-refractivity contribution >= 4 is 29.7 Å². The van der Waals surface area contributed by atoms with Crippen molar-refractivity contribution in [2.45, 2.75) is 19.8 Å². The zero-order valence-electron chi connectivity index (χ0n) is 8.37. The maximum absolute atomic E-state index is 9.28. The minimum atomic E-state index is 0.216. The summed E-state index contributed by atoms with van der Waals surface area (Å²) in [6.45, 7) is 2.78. The Balaban J connectivity index is 0.000000791. The summed E-state index contributed by atoms with van der Waals surface area (Å²) in [5.74, 6) is 0.791. The molecule has 1 aromatic rings. The lowest BCUT2D eigenvalue weighted by molar-refractivity contribution is 0.293. The Labute approximate surface area is 101 Å². The number of phenols is 1. The van der Waals surface area contributed by atoms with E-state index in [1.165, 1.54) is 20.6 Å². The van der Waals surface area contributed by atoms with E-state index in [-0.39, 0.29) is 5.75 Å². The predicted octanol–water partition coefficient (Wildman–Crippen LogP) is 2.88. The van der Waals surface area contributed by atoms with Crippen molar-refractivity contribution in [3.8, 4) is 11.5 Å². The third kappa shape index (κ3) is 5.57. The summed E-state index contributed by atoms with van der Waals surface area (Å²) in [4.78, 5) is 0. The van der Waals surface area contributed by atoms with Crippen molar-refractivity contribution in [3.05, 3.63) is 24.3 Å². The molecule has 0 amide bonds. The fourth-order valence-electron chi connectivity index (χ4n) is 0.906. The van der Waals surface area contributed by atoms with Crippen LogP contribution in [0.2, 0.25) is 0 Å². The van der Waals surface area contributed by atoms with E-state index in [0.717, 1.165) is 12.8 Å². The average Bonchev–Trinajstić information content (AvgIpc) is 2.24. The molecular weight excluding hydrogens is 212 g/mol. The Morgan fingerprint density at radius 2 is 2.00 bits per heavy atom. The number of unbranched alkanes of at least 4 members (excludes halogenated alkanes) is 1. The Kier molecular flexibility index (Phi) is 9.35. The summed E-state index contributed by atoms with van der Waals surface area (Å²) < 4.78 is 5.33. The molecule has 7 radical (unpaired) electrons. The summed E-state index contributed by atoms with van der Waals surface area (Å²) in [5.41, 5.74) is 0. The quantitative estimate of drug-likeness (QED) is 0.631. The highest BCUT2D eigenvalue weighted by atomic mass is 35.5. The molecule has 0 aromatic heterocycles. The van der Waals surface area contributed by atoms with E-state index in [9.17, 15) is 5.11 Å². The van der Waals surface area contributed by atoms with Gasteiger partial charge in [-0.15, -0.1) is 0 Å². The van der Waals surface area contributed by atoms with Crippen LogP contribution in [0.15, 0.2) is 24.3 Å². The number of hydrogen-bond donors (Lipinski definition) is 1. The summed E-state index contributed by atoms with van der Waals surface area (Å²) in [6, 6.07) is 7.02. The van der Waals surface area contributed by atoms with Gasteiger partial charge in [0.1, 0.15) is 0 Å². The Morgan fingerprint density at radius 1 is 1.36 bits per heavy atom. The van der Waals surface area contributed by atoms with Crippen LogP contribution < -0.4 is 4.74 Å². The number of rotatable bonds is 4. The molecule has 0 bridgehead atoms. The molecule has 0 atom stereocenters. The first-order chi connectivity index (χ1) is 6.84. The number of benzene rings is 1. The van der Waals surface area contributed by atoms with E-state index in [4.69, 9.17) is 4.74 Å². The molecule has 0 heterocycles. The van der Waals surface area contributed by atoms with Crippen molar-refractivity contribution < 1.29 is 9.84 Å². The number of aromatic hydroxyl groups is 1. The fraction of sp³-hybridized carbons (Fsp3) is 0.400. The maximum atomic E-state index is 9.28. The maximum Gasteiger partial charge on any atom is 1.59 e. The predicted molar refractivity (Wildman–Crippen MR) is 60.1 cm³/mol. The highest BCUT2D eigenvalue weighted by molar-refractivity contribution is 6.80. The van der Waals surface area contributed by atoms with Gasteiger partial charge in [0.15, 0.2) is 11.5 Å². The molecule has 0 spiro atoms. The van der Waals surface area contributed by atoms with Crippen LogP contribution >= 0.6 is 9.07 Å². The minimum absolute atomic E-state index is 0.216. The molecule has 0 aliphatic rings. The summed E-state index contributed by atoms with van der Waals surface area (Å²) in [5, 5.41) is 9.28. The second-order valence-corrected chi connectivity index (χ2v) is 2.67. The second kappa shape index (κ2) is 9.43. The van der Waals surface area contributed by atoms with E-state index in [1.807, 2.05) is 6.07 Å². The molecule has 1 rings (SSSR count). The van der Waals surface area contributed by atoms with E-state index in [2.05, 4.69) is 16.0 Å². The van der Waals surface area contributed by atoms with Gasteiger partial charge >= 0.3 is 29.7 Å². The van der Waals surface area contributed by atoms with Crippen LogP contribution in [0, 0.1) is 0 Å². The van der Waals surface area contributed by atoms with Gasteiger partial charge in [0.05, 0.1) is 6.61 Å². The molecule has 0 saturated carbocycles. The van der Waals surface area contributed by atoms with Gasteiger partial charge in [-0.25, -0.2) is 0 Å². The standard InChI is InChI=1S/C10H14O2.ClH.Mg/c1-2-3-8-12-10-7-5-4-6-9(10)11;;/h4-7,11H,2-3,8H2,1H3;1H;/q;;+3/p-1. The van der Waals surface area contributed by atoms with Crippen molar-refractivity contribution in [1.82, 2.24) is 0 Å². The molecule has 0 aliphatic heterocycles. The van der Waals surface area contributed by atoms with Gasteiger partial charge in [-0.3, -0.25) is 0 Å². The summed E-state index contributed by atoms with van der Waals surface area (Å²) in [7, 11) is 4.67. The Morgan fingerprint density at radius 3 is 2.57 bits per heavy atom. The van der Waals surface area contributed by atoms with E-state index in [0.29, 0.717) is 12.4 Å². The molecule has 4 heteroatoms. The highest BCUT2D eigenvalue weighted by Crippen LogP contribution is 2.24. The molecule has 0 fully saturated rings. The van der Waals surface area contributed by atoms with Crippen LogP contribution in [0.5, 0.6) is 11.5 Å². The van der Waals surface area contributed by atoms with Gasteiger partial charge in [-0.2, -0.15) is 0 Å². The zero-order chi connectivity index (χ0) is 10.8. The molecule has 0 aliphatic carbocycles. The van der Waals surface area contributed by atoms with Crippen molar-refractivity contribution in [2.75, 3.05) is 6.61 Å². The van der Waals surface area contributed by atoms with Gasteiger partial charge in [-0.05, 0) is 18.6 Å². The van der Waals surface area contributed by atoms with Crippen molar-refractivity contribution in [3.63, 3.8) is 0 Å². The number of phenolic OH excluding ortho intramolecular Hbond substituents is 1. The Hall–Kier alpha value is -0.124. The average molecular weight is 226 g/mol. The van der Waals surface area contributed by atoms with Crippen LogP contribution in [-0.4, -0.2) is 32.3 Å². The lowest BCUT2D eigenvalue weighted by Gasteiger charge is -2.05. The molecule has 0 unspecified atom stereocenters. The van der Waals surface area contributed by atoms with Crippen LogP contribution in [0.3, 0.4) is 0 Å². The van der Waals surface area contributed by atoms with Crippen molar-refractivity contribution in [2.24, 2.45) is 0 Å². The lowest BCUT2D eigenvalue weighted by atomic mass is 10.3. The van der Waals surface area contributed by atoms with Gasteiger partial charge in [0.25, 0.3) is 0 Å². The molecule has 1 aromatic carbocycles. The van der Waals surface area contributed by atoms with Crippen LogP contribution in [0.4, 0.5) is 0 Å². The SMILES string of the molecule is CCCCOc1ccccc1O.[Mg+2][Cl]. The molecule has 14 heavy (non-hydrogen) atoms. The second-order valence-electron chi connectivity index (χ2n) is 2.67. The fourth-order valence-corrected chi connectivity index (χ4v) is 0.906. The number of ether oxygens (including phenoxy) is 1. The summed E-state index contributed by atoms with van der Waals surface area (Å²) in [6.07, 6.45) is 2.13. The molecule has 73 valence electrons. The first-order valence-electron chi connectivity index (χ1n) is 4.52. The molecule has 0 saturated heterocycles. The lowest BCUT2D eigenvalue weighted by Crippen LogP contribution is -1.96. The van der Waals surface area contributed by atoms with Crippen molar-refractivity contribution in [1.29, 1.82) is 0 Å². The van der Waals surface area contributed by atoms with Gasteiger partial charge < -0.3 is 9.84 Å². The van der Waals surface area contributed by atoms with Crippen LogP contribution in [-0.2, 0) is 0 Å². The molecule has 1 N–H and O–H groups in total. The summed E-state index contributed by atoms with van der Waals surface area (Å²) >= 11 is 1.33. The Bertz CT molecular complexity index is 243. The van der Waals surface area contributed by atoms with E-state index >= 15 is 0 Å². The normalized spacial score (nSPS) is 8.79. The molecular formula is C10H14ClMgO2+2. The van der Waals surface area contributed by atoms with Gasteiger partial charge in [0.2, 0.25) is 0 Å². The number of halogens is 1. The third-order valence-electron chi connectivity index (χ3n) is 1.62. The first kappa shape index (κ1) is 13.9. The third-order valence-corrected chi connectivity index (χ3v) is 1.62.